The molecular formula is C25H22N2O5. The molecule has 1 atom stereocenters. The smallest absolute Gasteiger partial charge is 0.337 e. The molecule has 2 N–H and O–H groups in total. The molecular weight excluding hydrogens is 408 g/mol. The molecule has 2 aromatic heterocycles. The van der Waals surface area contributed by atoms with E-state index < -0.39 is 5.97 Å². The number of hydrogen-bond donors (Lipinski definition) is 2. The van der Waals surface area contributed by atoms with Crippen molar-refractivity contribution in [1.29, 1.82) is 0 Å². The van der Waals surface area contributed by atoms with Crippen LogP contribution in [0.2, 0.25) is 0 Å². The summed E-state index contributed by atoms with van der Waals surface area (Å²) in [5, 5.41) is 13.1. The number of benzene rings is 2. The van der Waals surface area contributed by atoms with Gasteiger partial charge >= 0.3 is 5.97 Å². The molecule has 0 aliphatic carbocycles. The van der Waals surface area contributed by atoms with Crippen molar-refractivity contribution in [3.63, 3.8) is 0 Å². The van der Waals surface area contributed by atoms with Crippen LogP contribution in [0.15, 0.2) is 74.8 Å². The predicted octanol–water partition coefficient (Wildman–Crippen LogP) is 4.34. The summed E-state index contributed by atoms with van der Waals surface area (Å²) in [6.45, 7) is 3.76. The Balaban J connectivity index is 1.86. The summed E-state index contributed by atoms with van der Waals surface area (Å²) < 4.78 is 7.58. The van der Waals surface area contributed by atoms with Gasteiger partial charge in [-0.05, 0) is 43.7 Å². The molecule has 4 aromatic rings. The van der Waals surface area contributed by atoms with Crippen LogP contribution in [0.1, 0.15) is 34.5 Å². The van der Waals surface area contributed by atoms with Crippen molar-refractivity contribution in [2.24, 2.45) is 7.05 Å². The number of pyridine rings is 1. The first-order valence-electron chi connectivity index (χ1n) is 10.1. The standard InChI is InChI=1S/C25H22N2O5/c1-14-10-18(15(2)26-20-7-5-4-6-17(20)25(30)31)24-19(11-14)21(28)13-22(32-24)16-8-9-27(3)23(29)12-16/h4-13,15,26H,1-3H3,(H,30,31). The molecule has 0 radical (unpaired) electrons. The maximum Gasteiger partial charge on any atom is 0.337 e. The van der Waals surface area contributed by atoms with Crippen LogP contribution in [0.25, 0.3) is 22.3 Å². The Labute approximate surface area is 183 Å². The number of nitrogens with one attached hydrogen (secondary N) is 1. The van der Waals surface area contributed by atoms with E-state index in [9.17, 15) is 19.5 Å². The number of para-hydroxylation sites is 1. The molecule has 1 unspecified atom stereocenters. The van der Waals surface area contributed by atoms with Crippen molar-refractivity contribution in [3.8, 4) is 11.3 Å². The van der Waals surface area contributed by atoms with Crippen LogP contribution < -0.4 is 16.3 Å². The van der Waals surface area contributed by atoms with Gasteiger partial charge in [0.1, 0.15) is 11.3 Å². The molecule has 0 amide bonds. The molecule has 2 heterocycles. The lowest BCUT2D eigenvalue weighted by Gasteiger charge is -2.19. The minimum absolute atomic E-state index is 0.151. The third kappa shape index (κ3) is 3.92. The Morgan fingerprint density at radius 2 is 1.84 bits per heavy atom. The second-order valence-corrected chi connectivity index (χ2v) is 7.79. The van der Waals surface area contributed by atoms with Crippen LogP contribution in [-0.2, 0) is 7.05 Å². The van der Waals surface area contributed by atoms with Crippen molar-refractivity contribution >= 4 is 22.6 Å². The summed E-state index contributed by atoms with van der Waals surface area (Å²) in [5.41, 5.74) is 2.68. The van der Waals surface area contributed by atoms with Gasteiger partial charge in [-0.25, -0.2) is 4.79 Å². The fourth-order valence-electron chi connectivity index (χ4n) is 3.71. The highest BCUT2D eigenvalue weighted by atomic mass is 16.4. The van der Waals surface area contributed by atoms with Crippen molar-refractivity contribution in [3.05, 3.63) is 98.1 Å². The minimum Gasteiger partial charge on any atom is -0.478 e. The molecule has 0 bridgehead atoms. The van der Waals surface area contributed by atoms with Gasteiger partial charge in [-0.1, -0.05) is 18.2 Å². The number of fused-ring (bicyclic) bond motifs is 1. The molecule has 4 rings (SSSR count). The Morgan fingerprint density at radius 1 is 1.09 bits per heavy atom. The van der Waals surface area contributed by atoms with Gasteiger partial charge in [0, 0.05) is 42.2 Å². The average molecular weight is 430 g/mol. The Hall–Kier alpha value is -4.13. The number of aromatic carboxylic acids is 1. The van der Waals surface area contributed by atoms with E-state index in [-0.39, 0.29) is 22.6 Å². The van der Waals surface area contributed by atoms with Crippen molar-refractivity contribution < 1.29 is 14.3 Å². The van der Waals surface area contributed by atoms with E-state index in [1.807, 2.05) is 19.9 Å². The molecule has 0 saturated heterocycles. The van der Waals surface area contributed by atoms with Crippen molar-refractivity contribution in [2.75, 3.05) is 5.32 Å². The normalized spacial score (nSPS) is 12.0. The lowest BCUT2D eigenvalue weighted by Crippen LogP contribution is -2.14. The van der Waals surface area contributed by atoms with Crippen molar-refractivity contribution in [2.45, 2.75) is 19.9 Å². The highest BCUT2D eigenvalue weighted by Crippen LogP contribution is 2.31. The molecule has 0 aliphatic rings. The number of hydrogen-bond acceptors (Lipinski definition) is 5. The maximum absolute atomic E-state index is 12.9. The van der Waals surface area contributed by atoms with E-state index >= 15 is 0 Å². The second-order valence-electron chi connectivity index (χ2n) is 7.79. The zero-order chi connectivity index (χ0) is 23.0. The van der Waals surface area contributed by atoms with E-state index in [0.29, 0.717) is 33.5 Å². The first-order chi connectivity index (χ1) is 15.2. The fraction of sp³-hybridized carbons (Fsp3) is 0.160. The predicted molar refractivity (Wildman–Crippen MR) is 123 cm³/mol. The van der Waals surface area contributed by atoms with E-state index in [1.54, 1.807) is 43.6 Å². The number of rotatable bonds is 5. The minimum atomic E-state index is -1.03. The molecule has 2 aromatic carbocycles. The molecule has 7 nitrogen and oxygen atoms in total. The highest BCUT2D eigenvalue weighted by Gasteiger charge is 2.18. The average Bonchev–Trinajstić information content (AvgIpc) is 2.75. The zero-order valence-electron chi connectivity index (χ0n) is 17.9. The Bertz CT molecular complexity index is 1470. The summed E-state index contributed by atoms with van der Waals surface area (Å²) in [6.07, 6.45) is 1.62. The van der Waals surface area contributed by atoms with Gasteiger partial charge in [0.2, 0.25) is 0 Å². The summed E-state index contributed by atoms with van der Waals surface area (Å²) in [6, 6.07) is 14.5. The van der Waals surface area contributed by atoms with Gasteiger partial charge in [0.25, 0.3) is 5.56 Å². The second kappa shape index (κ2) is 8.19. The molecule has 0 saturated carbocycles. The SMILES string of the molecule is Cc1cc(C(C)Nc2ccccc2C(=O)O)c2oc(-c3ccn(C)c(=O)c3)cc(=O)c2c1. The number of anilines is 1. The molecule has 162 valence electrons. The Morgan fingerprint density at radius 3 is 2.56 bits per heavy atom. The maximum atomic E-state index is 12.9. The summed E-state index contributed by atoms with van der Waals surface area (Å²) >= 11 is 0. The van der Waals surface area contributed by atoms with Crippen LogP contribution in [0.5, 0.6) is 0 Å². The third-order valence-electron chi connectivity index (χ3n) is 5.39. The van der Waals surface area contributed by atoms with Gasteiger partial charge in [-0.15, -0.1) is 0 Å². The quantitative estimate of drug-likeness (QED) is 0.488. The Kier molecular flexibility index (Phi) is 5.40. The number of aromatic nitrogens is 1. The number of carbonyl (C=O) groups is 1. The van der Waals surface area contributed by atoms with Crippen LogP contribution in [0.4, 0.5) is 5.69 Å². The largest absolute Gasteiger partial charge is 0.478 e. The number of nitrogens with zero attached hydrogens (tertiary/aromatic N) is 1. The first kappa shape index (κ1) is 21.1. The van der Waals surface area contributed by atoms with Gasteiger partial charge in [0.15, 0.2) is 5.43 Å². The van der Waals surface area contributed by atoms with Crippen molar-refractivity contribution in [1.82, 2.24) is 4.57 Å². The first-order valence-corrected chi connectivity index (χ1v) is 10.1. The topological polar surface area (TPSA) is 102 Å². The number of aryl methyl sites for hydroxylation is 2. The van der Waals surface area contributed by atoms with E-state index in [4.69, 9.17) is 4.42 Å². The third-order valence-corrected chi connectivity index (χ3v) is 5.39. The summed E-state index contributed by atoms with van der Waals surface area (Å²) in [5.74, 6) is -0.739. The molecule has 0 aliphatic heterocycles. The molecule has 32 heavy (non-hydrogen) atoms. The van der Waals surface area contributed by atoms with E-state index in [1.165, 1.54) is 22.8 Å². The zero-order valence-corrected chi connectivity index (χ0v) is 17.9. The monoisotopic (exact) mass is 430 g/mol. The molecule has 7 heteroatoms. The van der Waals surface area contributed by atoms with Gasteiger partial charge in [0.05, 0.1) is 17.0 Å². The van der Waals surface area contributed by atoms with Crippen LogP contribution in [0, 0.1) is 6.92 Å². The van der Waals surface area contributed by atoms with Gasteiger partial charge < -0.3 is 19.4 Å². The van der Waals surface area contributed by atoms with Gasteiger partial charge in [-0.3, -0.25) is 9.59 Å². The van der Waals surface area contributed by atoms with E-state index in [0.717, 1.165) is 5.56 Å². The van der Waals surface area contributed by atoms with Crippen LogP contribution >= 0.6 is 0 Å². The summed E-state index contributed by atoms with van der Waals surface area (Å²) in [7, 11) is 1.64. The highest BCUT2D eigenvalue weighted by molar-refractivity contribution is 5.94. The number of carboxylic acid groups (broad SMARTS) is 1. The number of carboxylic acids is 1. The molecule has 0 spiro atoms. The molecule has 0 fully saturated rings. The van der Waals surface area contributed by atoms with Gasteiger partial charge in [-0.2, -0.15) is 0 Å². The fourth-order valence-corrected chi connectivity index (χ4v) is 3.71. The lowest BCUT2D eigenvalue weighted by atomic mass is 10.00. The van der Waals surface area contributed by atoms with Crippen LogP contribution in [0.3, 0.4) is 0 Å². The van der Waals surface area contributed by atoms with E-state index in [2.05, 4.69) is 5.32 Å². The van der Waals surface area contributed by atoms with Crippen LogP contribution in [-0.4, -0.2) is 15.6 Å². The summed E-state index contributed by atoms with van der Waals surface area (Å²) in [4.78, 5) is 36.5. The lowest BCUT2D eigenvalue weighted by molar-refractivity contribution is 0.0698.